The minimum atomic E-state index is -3.74. The second-order valence-corrected chi connectivity index (χ2v) is 6.89. The van der Waals surface area contributed by atoms with Crippen molar-refractivity contribution in [2.24, 2.45) is 12.8 Å². The van der Waals surface area contributed by atoms with Gasteiger partial charge < -0.3 is 15.6 Å². The van der Waals surface area contributed by atoms with Crippen molar-refractivity contribution in [1.29, 1.82) is 0 Å². The Balaban J connectivity index is 2.12. The summed E-state index contributed by atoms with van der Waals surface area (Å²) < 4.78 is 28.6. The highest BCUT2D eigenvalue weighted by atomic mass is 32.2. The molecule has 1 aromatic carbocycles. The summed E-state index contributed by atoms with van der Waals surface area (Å²) in [7, 11) is -0.640. The molecule has 1 atom stereocenters. The lowest BCUT2D eigenvalue weighted by Gasteiger charge is -2.12. The topological polar surface area (TPSA) is 106 Å². The molecule has 0 aliphatic carbocycles. The molecule has 8 heteroatoms. The van der Waals surface area contributed by atoms with Crippen molar-refractivity contribution in [2.75, 3.05) is 13.6 Å². The lowest BCUT2D eigenvalue weighted by molar-refractivity contribution is 0.0955. The number of hydrogen-bond donors (Lipinski definition) is 3. The lowest BCUT2D eigenvalue weighted by Crippen LogP contribution is -2.31. The highest BCUT2D eigenvalue weighted by Gasteiger charge is 2.20. The Bertz CT molecular complexity index is 784. The van der Waals surface area contributed by atoms with Gasteiger partial charge in [0.1, 0.15) is 10.6 Å². The fraction of sp³-hybridized carbons (Fsp3) is 0.267. The fourth-order valence-corrected chi connectivity index (χ4v) is 3.27. The Morgan fingerprint density at radius 2 is 1.96 bits per heavy atom. The largest absolute Gasteiger partial charge is 0.354 e. The molecule has 4 N–H and O–H groups in total. The normalized spacial score (nSPS) is 12.8. The maximum atomic E-state index is 12.3. The van der Waals surface area contributed by atoms with Gasteiger partial charge in [-0.3, -0.25) is 4.79 Å². The molecule has 0 saturated heterocycles. The molecule has 0 spiro atoms. The molecule has 2 aromatic rings. The van der Waals surface area contributed by atoms with Gasteiger partial charge >= 0.3 is 0 Å². The molecule has 0 bridgehead atoms. The number of nitrogens with one attached hydrogen (secondary N) is 2. The molecule has 23 heavy (non-hydrogen) atoms. The van der Waals surface area contributed by atoms with Crippen molar-refractivity contribution in [3.63, 3.8) is 0 Å². The van der Waals surface area contributed by atoms with Gasteiger partial charge in [-0.15, -0.1) is 0 Å². The first kappa shape index (κ1) is 17.2. The summed E-state index contributed by atoms with van der Waals surface area (Å²) in [6, 6.07) is 10.1. The van der Waals surface area contributed by atoms with E-state index in [1.165, 1.54) is 23.9 Å². The van der Waals surface area contributed by atoms with Gasteiger partial charge in [-0.2, -0.15) is 0 Å². The highest BCUT2D eigenvalue weighted by molar-refractivity contribution is 7.89. The SMILES string of the molecule is CNC(=O)c1cc(S(=O)(=O)NCC(N)c2ccccc2)cn1C. The van der Waals surface area contributed by atoms with E-state index in [-0.39, 0.29) is 23.0 Å². The lowest BCUT2D eigenvalue weighted by atomic mass is 10.1. The first-order valence-corrected chi connectivity index (χ1v) is 8.52. The summed E-state index contributed by atoms with van der Waals surface area (Å²) in [6.07, 6.45) is 1.39. The summed E-state index contributed by atoms with van der Waals surface area (Å²) in [5.41, 5.74) is 7.09. The van der Waals surface area contributed by atoms with Gasteiger partial charge in [0, 0.05) is 32.9 Å². The Morgan fingerprint density at radius 3 is 2.57 bits per heavy atom. The third kappa shape index (κ3) is 3.98. The number of carbonyl (C=O) groups excluding carboxylic acids is 1. The summed E-state index contributed by atoms with van der Waals surface area (Å²) >= 11 is 0. The molecule has 1 aromatic heterocycles. The van der Waals surface area contributed by atoms with Gasteiger partial charge in [-0.05, 0) is 11.6 Å². The van der Waals surface area contributed by atoms with Gasteiger partial charge in [0.05, 0.1) is 0 Å². The standard InChI is InChI=1S/C15H20N4O3S/c1-17-15(20)14-8-12(10-19(14)2)23(21,22)18-9-13(16)11-6-4-3-5-7-11/h3-8,10,13,18H,9,16H2,1-2H3,(H,17,20). The predicted octanol–water partition coefficient (Wildman–Crippen LogP) is 0.363. The van der Waals surface area contributed by atoms with Gasteiger partial charge in [-0.25, -0.2) is 13.1 Å². The van der Waals surface area contributed by atoms with Crippen LogP contribution in [0.4, 0.5) is 0 Å². The van der Waals surface area contributed by atoms with E-state index in [2.05, 4.69) is 10.0 Å². The number of sulfonamides is 1. The number of rotatable bonds is 6. The molecule has 0 aliphatic heterocycles. The maximum absolute atomic E-state index is 12.3. The fourth-order valence-electron chi connectivity index (χ4n) is 2.14. The molecular weight excluding hydrogens is 316 g/mol. The van der Waals surface area contributed by atoms with Crippen LogP contribution < -0.4 is 15.8 Å². The Morgan fingerprint density at radius 1 is 1.30 bits per heavy atom. The second-order valence-electron chi connectivity index (χ2n) is 5.12. The van der Waals surface area contributed by atoms with Crippen LogP contribution in [0.2, 0.25) is 0 Å². The number of aryl methyl sites for hydroxylation is 1. The van der Waals surface area contributed by atoms with Gasteiger partial charge in [0.15, 0.2) is 0 Å². The minimum Gasteiger partial charge on any atom is -0.354 e. The first-order chi connectivity index (χ1) is 10.8. The molecule has 1 amide bonds. The maximum Gasteiger partial charge on any atom is 0.267 e. The monoisotopic (exact) mass is 336 g/mol. The van der Waals surface area contributed by atoms with Crippen molar-refractivity contribution in [2.45, 2.75) is 10.9 Å². The Hall–Kier alpha value is -2.16. The molecule has 0 saturated carbocycles. The number of amides is 1. The molecule has 0 aliphatic rings. The second kappa shape index (κ2) is 6.95. The summed E-state index contributed by atoms with van der Waals surface area (Å²) in [5, 5.41) is 2.46. The zero-order valence-corrected chi connectivity index (χ0v) is 13.8. The van der Waals surface area contributed by atoms with Crippen molar-refractivity contribution in [3.8, 4) is 0 Å². The van der Waals surface area contributed by atoms with Crippen molar-refractivity contribution in [1.82, 2.24) is 14.6 Å². The van der Waals surface area contributed by atoms with Crippen LogP contribution in [0, 0.1) is 0 Å². The van der Waals surface area contributed by atoms with E-state index in [4.69, 9.17) is 5.73 Å². The van der Waals surface area contributed by atoms with Crippen molar-refractivity contribution < 1.29 is 13.2 Å². The van der Waals surface area contributed by atoms with E-state index in [1.54, 1.807) is 7.05 Å². The van der Waals surface area contributed by atoms with E-state index in [1.807, 2.05) is 30.3 Å². The van der Waals surface area contributed by atoms with Crippen LogP contribution in [-0.2, 0) is 17.1 Å². The molecule has 0 fully saturated rings. The minimum absolute atomic E-state index is 0.0267. The van der Waals surface area contributed by atoms with E-state index >= 15 is 0 Å². The van der Waals surface area contributed by atoms with E-state index < -0.39 is 16.1 Å². The number of hydrogen-bond acceptors (Lipinski definition) is 4. The van der Waals surface area contributed by atoms with Crippen LogP contribution in [0.25, 0.3) is 0 Å². The number of carbonyl (C=O) groups is 1. The molecule has 0 radical (unpaired) electrons. The average Bonchev–Trinajstić information content (AvgIpc) is 2.95. The smallest absolute Gasteiger partial charge is 0.267 e. The number of aromatic nitrogens is 1. The zero-order chi connectivity index (χ0) is 17.0. The number of nitrogens with zero attached hydrogens (tertiary/aromatic N) is 1. The zero-order valence-electron chi connectivity index (χ0n) is 13.0. The van der Waals surface area contributed by atoms with Gasteiger partial charge in [0.2, 0.25) is 10.0 Å². The van der Waals surface area contributed by atoms with Crippen LogP contribution in [-0.4, -0.2) is 32.5 Å². The van der Waals surface area contributed by atoms with E-state index in [9.17, 15) is 13.2 Å². The third-order valence-corrected chi connectivity index (χ3v) is 4.86. The average molecular weight is 336 g/mol. The van der Waals surface area contributed by atoms with Crippen molar-refractivity contribution in [3.05, 3.63) is 53.9 Å². The van der Waals surface area contributed by atoms with Crippen LogP contribution in [0.3, 0.4) is 0 Å². The molecule has 7 nitrogen and oxygen atoms in total. The summed E-state index contributed by atoms with van der Waals surface area (Å²) in [5.74, 6) is -0.352. The number of nitrogens with two attached hydrogens (primary N) is 1. The van der Waals surface area contributed by atoms with Crippen LogP contribution in [0.15, 0.2) is 47.5 Å². The first-order valence-electron chi connectivity index (χ1n) is 7.04. The molecule has 1 heterocycles. The summed E-state index contributed by atoms with van der Waals surface area (Å²) in [4.78, 5) is 11.7. The highest BCUT2D eigenvalue weighted by Crippen LogP contribution is 2.15. The Kier molecular flexibility index (Phi) is 5.19. The Labute approximate surface area is 135 Å². The third-order valence-electron chi connectivity index (χ3n) is 3.47. The van der Waals surface area contributed by atoms with Crippen LogP contribution in [0.1, 0.15) is 22.1 Å². The van der Waals surface area contributed by atoms with Crippen LogP contribution >= 0.6 is 0 Å². The predicted molar refractivity (Wildman–Crippen MR) is 87.4 cm³/mol. The van der Waals surface area contributed by atoms with E-state index in [0.29, 0.717) is 0 Å². The quantitative estimate of drug-likeness (QED) is 0.708. The summed E-state index contributed by atoms with van der Waals surface area (Å²) in [6.45, 7) is 0.0660. The molecule has 1 unspecified atom stereocenters. The molecular formula is C15H20N4O3S. The van der Waals surface area contributed by atoms with Crippen LogP contribution in [0.5, 0.6) is 0 Å². The number of benzene rings is 1. The van der Waals surface area contributed by atoms with Crippen molar-refractivity contribution >= 4 is 15.9 Å². The molecule has 2 rings (SSSR count). The van der Waals surface area contributed by atoms with Gasteiger partial charge in [0.25, 0.3) is 5.91 Å². The van der Waals surface area contributed by atoms with Gasteiger partial charge in [-0.1, -0.05) is 30.3 Å². The van der Waals surface area contributed by atoms with E-state index in [0.717, 1.165) is 5.56 Å². The molecule has 124 valence electrons.